The van der Waals surface area contributed by atoms with Crippen LogP contribution in [0, 0.1) is 11.8 Å². The Morgan fingerprint density at radius 1 is 1.50 bits per heavy atom. The van der Waals surface area contributed by atoms with E-state index in [0.29, 0.717) is 11.3 Å². The van der Waals surface area contributed by atoms with Crippen molar-refractivity contribution in [3.8, 4) is 17.6 Å². The second-order valence-electron chi connectivity index (χ2n) is 2.79. The SMILES string of the molecule is NNC(=O)COc1ccccc1C#CCCl. The molecule has 0 unspecified atom stereocenters. The highest BCUT2D eigenvalue weighted by atomic mass is 35.5. The van der Waals surface area contributed by atoms with Crippen LogP contribution in [-0.2, 0) is 4.79 Å². The van der Waals surface area contributed by atoms with Crippen LogP contribution in [0.15, 0.2) is 24.3 Å². The van der Waals surface area contributed by atoms with Crippen LogP contribution in [0.4, 0.5) is 0 Å². The van der Waals surface area contributed by atoms with Crippen molar-refractivity contribution >= 4 is 17.5 Å². The lowest BCUT2D eigenvalue weighted by Gasteiger charge is -2.06. The lowest BCUT2D eigenvalue weighted by Crippen LogP contribution is -2.34. The minimum absolute atomic E-state index is 0.143. The van der Waals surface area contributed by atoms with Crippen molar-refractivity contribution in [2.45, 2.75) is 0 Å². The Bertz CT molecular complexity index is 423. The second-order valence-corrected chi connectivity index (χ2v) is 3.06. The van der Waals surface area contributed by atoms with E-state index in [1.54, 1.807) is 18.2 Å². The number of hydrogen-bond donors (Lipinski definition) is 2. The van der Waals surface area contributed by atoms with Crippen LogP contribution in [0.1, 0.15) is 5.56 Å². The normalized spacial score (nSPS) is 8.88. The molecule has 16 heavy (non-hydrogen) atoms. The van der Waals surface area contributed by atoms with Gasteiger partial charge in [0.2, 0.25) is 0 Å². The van der Waals surface area contributed by atoms with Gasteiger partial charge in [0.25, 0.3) is 5.91 Å². The summed E-state index contributed by atoms with van der Waals surface area (Å²) in [7, 11) is 0. The lowest BCUT2D eigenvalue weighted by molar-refractivity contribution is -0.123. The van der Waals surface area contributed by atoms with E-state index in [4.69, 9.17) is 22.2 Å². The molecular weight excluding hydrogens is 228 g/mol. The fraction of sp³-hybridized carbons (Fsp3) is 0.182. The third kappa shape index (κ3) is 3.81. The smallest absolute Gasteiger partial charge is 0.271 e. The molecule has 4 nitrogen and oxygen atoms in total. The number of ether oxygens (including phenoxy) is 1. The predicted octanol–water partition coefficient (Wildman–Crippen LogP) is 0.646. The number of benzene rings is 1. The molecule has 0 aliphatic carbocycles. The van der Waals surface area contributed by atoms with E-state index in [1.165, 1.54) is 0 Å². The Morgan fingerprint density at radius 3 is 2.94 bits per heavy atom. The van der Waals surface area contributed by atoms with Gasteiger partial charge in [0.05, 0.1) is 11.4 Å². The van der Waals surface area contributed by atoms with Crippen LogP contribution in [0.25, 0.3) is 0 Å². The maximum Gasteiger partial charge on any atom is 0.271 e. The summed E-state index contributed by atoms with van der Waals surface area (Å²) in [5.74, 6) is 10.9. The van der Waals surface area contributed by atoms with Crippen molar-refractivity contribution in [2.75, 3.05) is 12.5 Å². The number of nitrogens with two attached hydrogens (primary N) is 1. The Balaban J connectivity index is 2.75. The van der Waals surface area contributed by atoms with Gasteiger partial charge in [0, 0.05) is 0 Å². The number of halogens is 1. The van der Waals surface area contributed by atoms with Gasteiger partial charge in [-0.25, -0.2) is 5.84 Å². The average molecular weight is 239 g/mol. The minimum atomic E-state index is -0.403. The van der Waals surface area contributed by atoms with E-state index in [1.807, 2.05) is 11.5 Å². The molecule has 0 aliphatic heterocycles. The third-order valence-electron chi connectivity index (χ3n) is 1.70. The van der Waals surface area contributed by atoms with Crippen LogP contribution >= 0.6 is 11.6 Å². The number of nitrogens with one attached hydrogen (secondary N) is 1. The molecular formula is C11H11ClN2O2. The molecule has 0 spiro atoms. The summed E-state index contributed by atoms with van der Waals surface area (Å²) in [6, 6.07) is 7.13. The van der Waals surface area contributed by atoms with Crippen LogP contribution in [0.2, 0.25) is 0 Å². The molecule has 1 rings (SSSR count). The van der Waals surface area contributed by atoms with Crippen LogP contribution in [0.5, 0.6) is 5.75 Å². The van der Waals surface area contributed by atoms with Gasteiger partial charge in [0.1, 0.15) is 5.75 Å². The van der Waals surface area contributed by atoms with E-state index >= 15 is 0 Å². The number of hydrogen-bond acceptors (Lipinski definition) is 3. The molecule has 0 saturated heterocycles. The molecule has 0 aliphatic rings. The van der Waals surface area contributed by atoms with Crippen LogP contribution in [0.3, 0.4) is 0 Å². The fourth-order valence-corrected chi connectivity index (χ4v) is 1.08. The summed E-state index contributed by atoms with van der Waals surface area (Å²) < 4.78 is 5.25. The van der Waals surface area contributed by atoms with E-state index in [0.717, 1.165) is 0 Å². The van der Waals surface area contributed by atoms with Gasteiger partial charge in [0.15, 0.2) is 6.61 Å². The van der Waals surface area contributed by atoms with E-state index in [2.05, 4.69) is 11.8 Å². The highest BCUT2D eigenvalue weighted by molar-refractivity contribution is 6.19. The van der Waals surface area contributed by atoms with Gasteiger partial charge in [-0.3, -0.25) is 10.2 Å². The quantitative estimate of drug-likeness (QED) is 0.267. The molecule has 3 N–H and O–H groups in total. The summed E-state index contributed by atoms with van der Waals surface area (Å²) in [5.41, 5.74) is 2.66. The summed E-state index contributed by atoms with van der Waals surface area (Å²) in [4.78, 5) is 10.9. The van der Waals surface area contributed by atoms with Crippen molar-refractivity contribution in [3.05, 3.63) is 29.8 Å². The van der Waals surface area contributed by atoms with Gasteiger partial charge in [-0.2, -0.15) is 0 Å². The Labute approximate surface area is 98.7 Å². The predicted molar refractivity (Wildman–Crippen MR) is 61.9 cm³/mol. The summed E-state index contributed by atoms with van der Waals surface area (Å²) >= 11 is 5.46. The Morgan fingerprint density at radius 2 is 2.25 bits per heavy atom. The molecule has 1 amide bonds. The Kier molecular flexibility index (Phi) is 5.20. The standard InChI is InChI=1S/C11H11ClN2O2/c12-7-3-5-9-4-1-2-6-10(9)16-8-11(15)14-13/h1-2,4,6H,7-8,13H2,(H,14,15). The summed E-state index contributed by atoms with van der Waals surface area (Å²) in [6.07, 6.45) is 0. The van der Waals surface area contributed by atoms with E-state index < -0.39 is 5.91 Å². The minimum Gasteiger partial charge on any atom is -0.482 e. The average Bonchev–Trinajstić information content (AvgIpc) is 2.34. The molecule has 0 radical (unpaired) electrons. The number of carbonyl (C=O) groups excluding carboxylic acids is 1. The monoisotopic (exact) mass is 238 g/mol. The zero-order valence-electron chi connectivity index (χ0n) is 8.50. The molecule has 0 bridgehead atoms. The maximum atomic E-state index is 10.9. The van der Waals surface area contributed by atoms with Gasteiger partial charge < -0.3 is 4.74 Å². The first kappa shape index (κ1) is 12.4. The Hall–Kier alpha value is -1.70. The van der Waals surface area contributed by atoms with Crippen molar-refractivity contribution < 1.29 is 9.53 Å². The van der Waals surface area contributed by atoms with Crippen molar-refractivity contribution in [1.82, 2.24) is 5.43 Å². The van der Waals surface area contributed by atoms with Gasteiger partial charge >= 0.3 is 0 Å². The fourth-order valence-electron chi connectivity index (χ4n) is 1.01. The first-order valence-corrected chi connectivity index (χ1v) is 5.07. The molecule has 1 aromatic rings. The number of carbonyl (C=O) groups is 1. The highest BCUT2D eigenvalue weighted by Gasteiger charge is 2.03. The second kappa shape index (κ2) is 6.72. The molecule has 1 aromatic carbocycles. The van der Waals surface area contributed by atoms with Crippen LogP contribution < -0.4 is 16.0 Å². The lowest BCUT2D eigenvalue weighted by atomic mass is 10.2. The first-order valence-electron chi connectivity index (χ1n) is 4.54. The molecule has 0 fully saturated rings. The van der Waals surface area contributed by atoms with Crippen molar-refractivity contribution in [2.24, 2.45) is 5.84 Å². The molecule has 0 atom stereocenters. The zero-order chi connectivity index (χ0) is 11.8. The first-order chi connectivity index (χ1) is 7.77. The molecule has 0 heterocycles. The van der Waals surface area contributed by atoms with Crippen molar-refractivity contribution in [1.29, 1.82) is 0 Å². The largest absolute Gasteiger partial charge is 0.482 e. The number of amides is 1. The zero-order valence-corrected chi connectivity index (χ0v) is 9.25. The summed E-state index contributed by atoms with van der Waals surface area (Å²) in [6.45, 7) is -0.143. The van der Waals surface area contributed by atoms with Gasteiger partial charge in [-0.15, -0.1) is 11.6 Å². The number of hydrazine groups is 1. The van der Waals surface area contributed by atoms with E-state index in [9.17, 15) is 4.79 Å². The number of para-hydroxylation sites is 1. The maximum absolute atomic E-state index is 10.9. The van der Waals surface area contributed by atoms with Crippen LogP contribution in [-0.4, -0.2) is 18.4 Å². The molecule has 84 valence electrons. The number of alkyl halides is 1. The highest BCUT2D eigenvalue weighted by Crippen LogP contribution is 2.16. The third-order valence-corrected chi connectivity index (χ3v) is 1.83. The molecule has 0 aromatic heterocycles. The van der Waals surface area contributed by atoms with Gasteiger partial charge in [-0.1, -0.05) is 24.0 Å². The number of rotatable bonds is 3. The van der Waals surface area contributed by atoms with Gasteiger partial charge in [-0.05, 0) is 12.1 Å². The van der Waals surface area contributed by atoms with E-state index in [-0.39, 0.29) is 12.5 Å². The summed E-state index contributed by atoms with van der Waals surface area (Å²) in [5, 5.41) is 0. The van der Waals surface area contributed by atoms with Crippen molar-refractivity contribution in [3.63, 3.8) is 0 Å². The molecule has 0 saturated carbocycles. The topological polar surface area (TPSA) is 64.3 Å². The molecule has 5 heteroatoms.